The summed E-state index contributed by atoms with van der Waals surface area (Å²) in [5.41, 5.74) is 1.87. The summed E-state index contributed by atoms with van der Waals surface area (Å²) in [6, 6.07) is 5.68. The summed E-state index contributed by atoms with van der Waals surface area (Å²) >= 11 is 0. The summed E-state index contributed by atoms with van der Waals surface area (Å²) in [6.07, 6.45) is 1.02. The largest absolute Gasteiger partial charge is 0.495 e. The molecular weight excluding hydrogens is 206 g/mol. The van der Waals surface area contributed by atoms with Crippen LogP contribution in [0.25, 0.3) is 0 Å². The third-order valence-corrected chi connectivity index (χ3v) is 2.75. The second kappa shape index (κ2) is 4.53. The van der Waals surface area contributed by atoms with Crippen LogP contribution in [-0.2, 0) is 11.2 Å². The number of aliphatic hydroxyl groups is 1. The Labute approximate surface area is 94.4 Å². The first-order chi connectivity index (χ1) is 7.77. The van der Waals surface area contributed by atoms with Crippen LogP contribution in [0.15, 0.2) is 18.2 Å². The van der Waals surface area contributed by atoms with Crippen molar-refractivity contribution in [3.63, 3.8) is 0 Å². The molecule has 0 fully saturated rings. The normalized spacial score (nSPS) is 14.1. The molecule has 1 aliphatic rings. The van der Waals surface area contributed by atoms with E-state index < -0.39 is 0 Å². The van der Waals surface area contributed by atoms with Crippen molar-refractivity contribution in [1.82, 2.24) is 0 Å². The van der Waals surface area contributed by atoms with Crippen molar-refractivity contribution in [2.45, 2.75) is 12.8 Å². The molecule has 1 aromatic carbocycles. The molecule has 16 heavy (non-hydrogen) atoms. The minimum absolute atomic E-state index is 0.0768. The van der Waals surface area contributed by atoms with Crippen LogP contribution in [0.3, 0.4) is 0 Å². The van der Waals surface area contributed by atoms with Crippen LogP contribution in [0.2, 0.25) is 0 Å². The Kier molecular flexibility index (Phi) is 3.10. The van der Waals surface area contributed by atoms with Crippen molar-refractivity contribution >= 4 is 11.6 Å². The Balaban J connectivity index is 2.33. The van der Waals surface area contributed by atoms with Gasteiger partial charge >= 0.3 is 0 Å². The van der Waals surface area contributed by atoms with E-state index >= 15 is 0 Å². The van der Waals surface area contributed by atoms with Gasteiger partial charge in [0, 0.05) is 13.2 Å². The van der Waals surface area contributed by atoms with E-state index in [4.69, 9.17) is 9.84 Å². The SMILES string of the molecule is COc1cccc2c1N(CCCO)C(=O)C2. The highest BCUT2D eigenvalue weighted by Gasteiger charge is 2.29. The molecule has 4 heteroatoms. The van der Waals surface area contributed by atoms with Crippen LogP contribution in [-0.4, -0.2) is 31.3 Å². The molecule has 1 heterocycles. The number of amides is 1. The molecule has 0 bridgehead atoms. The van der Waals surface area contributed by atoms with Crippen molar-refractivity contribution in [1.29, 1.82) is 0 Å². The van der Waals surface area contributed by atoms with Crippen LogP contribution in [0.1, 0.15) is 12.0 Å². The first-order valence-corrected chi connectivity index (χ1v) is 5.35. The zero-order valence-electron chi connectivity index (χ0n) is 9.27. The van der Waals surface area contributed by atoms with E-state index in [1.807, 2.05) is 18.2 Å². The standard InChI is InChI=1S/C12H15NO3/c1-16-10-5-2-4-9-8-11(15)13(12(9)10)6-3-7-14/h2,4-5,14H,3,6-8H2,1H3. The highest BCUT2D eigenvalue weighted by molar-refractivity contribution is 6.03. The van der Waals surface area contributed by atoms with Gasteiger partial charge in [-0.2, -0.15) is 0 Å². The minimum Gasteiger partial charge on any atom is -0.495 e. The van der Waals surface area contributed by atoms with Crippen LogP contribution in [0, 0.1) is 0 Å². The molecule has 0 unspecified atom stereocenters. The number of ether oxygens (including phenoxy) is 1. The minimum atomic E-state index is 0.0768. The molecule has 0 saturated carbocycles. The molecule has 86 valence electrons. The third-order valence-electron chi connectivity index (χ3n) is 2.75. The number of fused-ring (bicyclic) bond motifs is 1. The molecule has 1 amide bonds. The first-order valence-electron chi connectivity index (χ1n) is 5.35. The first kappa shape index (κ1) is 11.0. The Morgan fingerprint density at radius 3 is 3.00 bits per heavy atom. The zero-order chi connectivity index (χ0) is 11.5. The molecule has 0 radical (unpaired) electrons. The van der Waals surface area contributed by atoms with E-state index in [0.717, 1.165) is 17.0 Å². The summed E-state index contributed by atoms with van der Waals surface area (Å²) in [5.74, 6) is 0.800. The number of aliphatic hydroxyl groups excluding tert-OH is 1. The molecule has 2 rings (SSSR count). The fraction of sp³-hybridized carbons (Fsp3) is 0.417. The molecule has 0 aliphatic carbocycles. The third kappa shape index (κ3) is 1.76. The summed E-state index contributed by atoms with van der Waals surface area (Å²) in [4.78, 5) is 13.5. The van der Waals surface area contributed by atoms with Gasteiger partial charge in [0.2, 0.25) is 5.91 Å². The molecule has 1 N–H and O–H groups in total. The summed E-state index contributed by atoms with van der Waals surface area (Å²) < 4.78 is 5.26. The van der Waals surface area contributed by atoms with Crippen molar-refractivity contribution in [3.8, 4) is 5.75 Å². The maximum absolute atomic E-state index is 11.8. The number of hydrogen-bond acceptors (Lipinski definition) is 3. The van der Waals surface area contributed by atoms with Crippen molar-refractivity contribution in [2.75, 3.05) is 25.2 Å². The van der Waals surface area contributed by atoms with Crippen molar-refractivity contribution < 1.29 is 14.6 Å². The molecular formula is C12H15NO3. The van der Waals surface area contributed by atoms with Crippen molar-refractivity contribution in [3.05, 3.63) is 23.8 Å². The highest BCUT2D eigenvalue weighted by atomic mass is 16.5. The number of rotatable bonds is 4. The number of para-hydroxylation sites is 1. The van der Waals surface area contributed by atoms with Crippen LogP contribution < -0.4 is 9.64 Å². The molecule has 1 aliphatic heterocycles. The fourth-order valence-electron chi connectivity index (χ4n) is 2.03. The molecule has 0 saturated heterocycles. The van der Waals surface area contributed by atoms with Gasteiger partial charge in [-0.3, -0.25) is 4.79 Å². The van der Waals surface area contributed by atoms with Gasteiger partial charge in [0.1, 0.15) is 5.75 Å². The van der Waals surface area contributed by atoms with Gasteiger partial charge in [-0.05, 0) is 18.1 Å². The van der Waals surface area contributed by atoms with E-state index in [1.54, 1.807) is 12.0 Å². The number of hydrogen-bond donors (Lipinski definition) is 1. The predicted molar refractivity (Wildman–Crippen MR) is 60.8 cm³/mol. The summed E-state index contributed by atoms with van der Waals surface area (Å²) in [5, 5.41) is 8.82. The Morgan fingerprint density at radius 2 is 2.31 bits per heavy atom. The number of anilines is 1. The van der Waals surface area contributed by atoms with E-state index in [0.29, 0.717) is 19.4 Å². The van der Waals surface area contributed by atoms with Gasteiger partial charge in [-0.15, -0.1) is 0 Å². The number of nitrogens with zero attached hydrogens (tertiary/aromatic N) is 1. The van der Waals surface area contributed by atoms with Crippen LogP contribution in [0.5, 0.6) is 5.75 Å². The predicted octanol–water partition coefficient (Wildman–Crippen LogP) is 0.967. The highest BCUT2D eigenvalue weighted by Crippen LogP contribution is 2.37. The average Bonchev–Trinajstić information content (AvgIpc) is 2.62. The number of carbonyl (C=O) groups is 1. The lowest BCUT2D eigenvalue weighted by Gasteiger charge is -2.19. The zero-order valence-corrected chi connectivity index (χ0v) is 9.27. The van der Waals surface area contributed by atoms with Gasteiger partial charge in [0.15, 0.2) is 0 Å². The lowest BCUT2D eigenvalue weighted by molar-refractivity contribution is -0.117. The molecule has 0 aromatic heterocycles. The maximum atomic E-state index is 11.8. The van der Waals surface area contributed by atoms with Gasteiger partial charge < -0.3 is 14.7 Å². The summed E-state index contributed by atoms with van der Waals surface area (Å²) in [7, 11) is 1.60. The van der Waals surface area contributed by atoms with E-state index in [2.05, 4.69) is 0 Å². The smallest absolute Gasteiger partial charge is 0.231 e. The lowest BCUT2D eigenvalue weighted by Crippen LogP contribution is -2.28. The quantitative estimate of drug-likeness (QED) is 0.824. The van der Waals surface area contributed by atoms with Crippen molar-refractivity contribution in [2.24, 2.45) is 0 Å². The molecule has 1 aromatic rings. The Hall–Kier alpha value is -1.55. The van der Waals surface area contributed by atoms with E-state index in [9.17, 15) is 4.79 Å². The van der Waals surface area contributed by atoms with Crippen LogP contribution >= 0.6 is 0 Å². The molecule has 0 atom stereocenters. The van der Waals surface area contributed by atoms with Gasteiger partial charge in [-0.25, -0.2) is 0 Å². The monoisotopic (exact) mass is 221 g/mol. The van der Waals surface area contributed by atoms with Gasteiger partial charge in [0.25, 0.3) is 0 Å². The van der Waals surface area contributed by atoms with Gasteiger partial charge in [0.05, 0.1) is 19.2 Å². The second-order valence-corrected chi connectivity index (χ2v) is 3.77. The van der Waals surface area contributed by atoms with Gasteiger partial charge in [-0.1, -0.05) is 12.1 Å². The Bertz CT molecular complexity index is 403. The number of carbonyl (C=O) groups excluding carboxylic acids is 1. The Morgan fingerprint density at radius 1 is 1.50 bits per heavy atom. The molecule has 0 spiro atoms. The number of methoxy groups -OCH3 is 1. The lowest BCUT2D eigenvalue weighted by atomic mass is 10.1. The fourth-order valence-corrected chi connectivity index (χ4v) is 2.03. The summed E-state index contributed by atoms with van der Waals surface area (Å²) in [6.45, 7) is 0.636. The maximum Gasteiger partial charge on any atom is 0.231 e. The molecule has 4 nitrogen and oxygen atoms in total. The topological polar surface area (TPSA) is 49.8 Å². The number of benzene rings is 1. The van der Waals surface area contributed by atoms with E-state index in [-0.39, 0.29) is 12.5 Å². The van der Waals surface area contributed by atoms with E-state index in [1.165, 1.54) is 0 Å². The second-order valence-electron chi connectivity index (χ2n) is 3.77. The van der Waals surface area contributed by atoms with Crippen LogP contribution in [0.4, 0.5) is 5.69 Å². The average molecular weight is 221 g/mol.